The second-order valence-corrected chi connectivity index (χ2v) is 10.8. The number of nitrogens with zero attached hydrogens (tertiary/aromatic N) is 1. The van der Waals surface area contributed by atoms with Crippen LogP contribution < -0.4 is 0 Å². The molecule has 3 aliphatic rings. The van der Waals surface area contributed by atoms with Crippen LogP contribution in [0.25, 0.3) is 0 Å². The third-order valence-corrected chi connectivity index (χ3v) is 7.01. The summed E-state index contributed by atoms with van der Waals surface area (Å²) in [5.74, 6) is 0. The molecule has 0 atom stereocenters. The summed E-state index contributed by atoms with van der Waals surface area (Å²) in [7, 11) is 0. The number of carbonyl (C=O) groups is 1. The van der Waals surface area contributed by atoms with E-state index in [1.54, 1.807) is 11.3 Å². The summed E-state index contributed by atoms with van der Waals surface area (Å²) in [5, 5.41) is 0. The summed E-state index contributed by atoms with van der Waals surface area (Å²) in [6.07, 6.45) is 4.88. The van der Waals surface area contributed by atoms with Crippen molar-refractivity contribution in [3.05, 3.63) is 20.3 Å². The molecule has 2 spiro atoms. The van der Waals surface area contributed by atoms with Crippen molar-refractivity contribution in [1.29, 1.82) is 0 Å². The lowest BCUT2D eigenvalue weighted by Gasteiger charge is -2.46. The molecule has 4 nitrogen and oxygen atoms in total. The van der Waals surface area contributed by atoms with Gasteiger partial charge in [-0.3, -0.25) is 0 Å². The fourth-order valence-corrected chi connectivity index (χ4v) is 5.73. The van der Waals surface area contributed by atoms with Gasteiger partial charge in [0.2, 0.25) is 0 Å². The van der Waals surface area contributed by atoms with E-state index < -0.39 is 5.60 Å². The topological polar surface area (TPSA) is 38.8 Å². The summed E-state index contributed by atoms with van der Waals surface area (Å²) in [6.45, 7) is 7.12. The van der Waals surface area contributed by atoms with Crippen LogP contribution in [0, 0.1) is 0 Å². The molecule has 1 amide bonds. The number of rotatable bonds is 0. The van der Waals surface area contributed by atoms with E-state index in [1.165, 1.54) is 14.2 Å². The quantitative estimate of drug-likeness (QED) is 0.610. The van der Waals surface area contributed by atoms with E-state index in [4.69, 9.17) is 9.47 Å². The number of amides is 1. The molecule has 2 aliphatic heterocycles. The molecule has 2 fully saturated rings. The first-order chi connectivity index (χ1) is 11.2. The lowest BCUT2D eigenvalue weighted by Crippen LogP contribution is -2.51. The average Bonchev–Trinajstić information content (AvgIpc) is 3.08. The number of fused-ring (bicyclic) bond motifs is 2. The first kappa shape index (κ1) is 16.9. The van der Waals surface area contributed by atoms with Gasteiger partial charge in [-0.1, -0.05) is 0 Å². The van der Waals surface area contributed by atoms with E-state index in [2.05, 4.69) is 22.0 Å². The fraction of sp³-hybridized carbons (Fsp3) is 0.722. The van der Waals surface area contributed by atoms with E-state index in [0.717, 1.165) is 32.1 Å². The minimum absolute atomic E-state index is 0.0710. The van der Waals surface area contributed by atoms with Crippen molar-refractivity contribution in [1.82, 2.24) is 4.90 Å². The Morgan fingerprint density at radius 1 is 1.29 bits per heavy atom. The first-order valence-electron chi connectivity index (χ1n) is 8.67. The molecular weight excluding hydrogens is 390 g/mol. The maximum absolute atomic E-state index is 12.3. The summed E-state index contributed by atoms with van der Waals surface area (Å²) in [6, 6.07) is 2.27. The van der Waals surface area contributed by atoms with Crippen molar-refractivity contribution >= 4 is 33.4 Å². The van der Waals surface area contributed by atoms with Crippen LogP contribution in [0.15, 0.2) is 9.85 Å². The number of halogens is 1. The van der Waals surface area contributed by atoms with Crippen molar-refractivity contribution in [2.24, 2.45) is 0 Å². The highest BCUT2D eigenvalue weighted by Gasteiger charge is 2.56. The SMILES string of the molecule is CC(C)(C)OC(=O)N1CCC2(CC1)OC1(CC1)Cc1cc(Br)sc12. The van der Waals surface area contributed by atoms with Crippen molar-refractivity contribution in [3.63, 3.8) is 0 Å². The minimum Gasteiger partial charge on any atom is -0.444 e. The largest absolute Gasteiger partial charge is 0.444 e. The molecule has 3 heterocycles. The number of ether oxygens (including phenoxy) is 2. The standard InChI is InChI=1S/C18H24BrNO3S/c1-16(2,3)22-15(21)20-8-6-18(7-9-20)14-12(10-13(19)24-14)11-17(23-18)4-5-17/h10H,4-9,11H2,1-3H3. The number of likely N-dealkylation sites (tertiary alicyclic amines) is 1. The highest BCUT2D eigenvalue weighted by Crippen LogP contribution is 2.57. The zero-order valence-corrected chi connectivity index (χ0v) is 16.9. The molecule has 4 rings (SSSR count). The average molecular weight is 414 g/mol. The molecule has 1 saturated heterocycles. The lowest BCUT2D eigenvalue weighted by atomic mass is 9.83. The second kappa shape index (κ2) is 5.45. The van der Waals surface area contributed by atoms with Crippen LogP contribution in [0.4, 0.5) is 4.79 Å². The van der Waals surface area contributed by atoms with Crippen LogP contribution in [0.3, 0.4) is 0 Å². The number of hydrogen-bond acceptors (Lipinski definition) is 4. The molecule has 1 aromatic rings. The Labute approximate surface area is 155 Å². The highest BCUT2D eigenvalue weighted by atomic mass is 79.9. The van der Waals surface area contributed by atoms with Crippen LogP contribution in [-0.2, 0) is 21.5 Å². The molecule has 6 heteroatoms. The van der Waals surface area contributed by atoms with Crippen LogP contribution in [0.1, 0.15) is 56.9 Å². The van der Waals surface area contributed by atoms with Gasteiger partial charge in [0.25, 0.3) is 0 Å². The Kier molecular flexibility index (Phi) is 3.83. The number of thiophene rings is 1. The monoisotopic (exact) mass is 413 g/mol. The third-order valence-electron chi connectivity index (χ3n) is 5.15. The molecule has 1 aromatic heterocycles. The van der Waals surface area contributed by atoms with E-state index in [-0.39, 0.29) is 17.3 Å². The van der Waals surface area contributed by atoms with E-state index in [1.807, 2.05) is 25.7 Å². The van der Waals surface area contributed by atoms with Crippen molar-refractivity contribution in [2.75, 3.05) is 13.1 Å². The zero-order chi connectivity index (χ0) is 17.2. The number of piperidine rings is 1. The summed E-state index contributed by atoms with van der Waals surface area (Å²) in [5.41, 5.74) is 0.861. The third kappa shape index (κ3) is 3.01. The van der Waals surface area contributed by atoms with E-state index >= 15 is 0 Å². The molecule has 0 N–H and O–H groups in total. The highest BCUT2D eigenvalue weighted by molar-refractivity contribution is 9.11. The van der Waals surface area contributed by atoms with Gasteiger partial charge in [0.05, 0.1) is 9.39 Å². The summed E-state index contributed by atoms with van der Waals surface area (Å²) >= 11 is 5.45. The van der Waals surface area contributed by atoms with Crippen LogP contribution in [0.5, 0.6) is 0 Å². The number of hydrogen-bond donors (Lipinski definition) is 0. The van der Waals surface area contributed by atoms with Gasteiger partial charge in [0.1, 0.15) is 11.2 Å². The first-order valence-corrected chi connectivity index (χ1v) is 10.3. The van der Waals surface area contributed by atoms with Crippen LogP contribution in [0.2, 0.25) is 0 Å². The molecule has 0 bridgehead atoms. The van der Waals surface area contributed by atoms with Gasteiger partial charge < -0.3 is 14.4 Å². The van der Waals surface area contributed by atoms with Crippen LogP contribution >= 0.6 is 27.3 Å². The Morgan fingerprint density at radius 2 is 1.96 bits per heavy atom. The number of carbonyl (C=O) groups excluding carboxylic acids is 1. The van der Waals surface area contributed by atoms with E-state index in [0.29, 0.717) is 13.1 Å². The molecule has 132 valence electrons. The van der Waals surface area contributed by atoms with Gasteiger partial charge in [0.15, 0.2) is 0 Å². The normalized spacial score (nSPS) is 24.1. The minimum atomic E-state index is -0.447. The predicted octanol–water partition coefficient (Wildman–Crippen LogP) is 4.84. The summed E-state index contributed by atoms with van der Waals surface area (Å²) < 4.78 is 13.4. The van der Waals surface area contributed by atoms with Gasteiger partial charge in [-0.05, 0) is 74.0 Å². The lowest BCUT2D eigenvalue weighted by molar-refractivity contribution is -0.148. The second-order valence-electron chi connectivity index (χ2n) is 8.33. The predicted molar refractivity (Wildman–Crippen MR) is 97.5 cm³/mol. The van der Waals surface area contributed by atoms with Crippen LogP contribution in [-0.4, -0.2) is 35.3 Å². The summed E-state index contributed by atoms with van der Waals surface area (Å²) in [4.78, 5) is 15.5. The maximum atomic E-state index is 12.3. The van der Waals surface area contributed by atoms with Gasteiger partial charge in [-0.25, -0.2) is 4.79 Å². The van der Waals surface area contributed by atoms with Gasteiger partial charge in [-0.15, -0.1) is 11.3 Å². The Morgan fingerprint density at radius 3 is 2.54 bits per heavy atom. The molecule has 0 aromatic carbocycles. The van der Waals surface area contributed by atoms with Crippen molar-refractivity contribution in [2.45, 2.75) is 69.7 Å². The van der Waals surface area contributed by atoms with Crippen molar-refractivity contribution in [3.8, 4) is 0 Å². The molecule has 0 unspecified atom stereocenters. The Bertz CT molecular complexity index is 666. The smallest absolute Gasteiger partial charge is 0.410 e. The zero-order valence-electron chi connectivity index (χ0n) is 14.5. The molecule has 1 saturated carbocycles. The van der Waals surface area contributed by atoms with Gasteiger partial charge >= 0.3 is 6.09 Å². The molecular formula is C18H24BrNO3S. The van der Waals surface area contributed by atoms with Gasteiger partial charge in [0, 0.05) is 24.4 Å². The molecule has 24 heavy (non-hydrogen) atoms. The van der Waals surface area contributed by atoms with E-state index in [9.17, 15) is 4.79 Å². The van der Waals surface area contributed by atoms with Crippen molar-refractivity contribution < 1.29 is 14.3 Å². The fourth-order valence-electron chi connectivity index (χ4n) is 3.88. The maximum Gasteiger partial charge on any atom is 0.410 e. The molecule has 1 aliphatic carbocycles. The van der Waals surface area contributed by atoms with Gasteiger partial charge in [-0.2, -0.15) is 0 Å². The molecule has 0 radical (unpaired) electrons. The Balaban J connectivity index is 1.53. The Hall–Kier alpha value is -0.590.